The van der Waals surface area contributed by atoms with Gasteiger partial charge >= 0.3 is 6.03 Å². The molecule has 0 aliphatic heterocycles. The summed E-state index contributed by atoms with van der Waals surface area (Å²) >= 11 is 0. The summed E-state index contributed by atoms with van der Waals surface area (Å²) in [5.41, 5.74) is 2.21. The van der Waals surface area contributed by atoms with Gasteiger partial charge in [-0.1, -0.05) is 60.7 Å². The summed E-state index contributed by atoms with van der Waals surface area (Å²) in [4.78, 5) is 26.3. The number of carbonyl (C=O) groups excluding carboxylic acids is 2. The van der Waals surface area contributed by atoms with Gasteiger partial charge in [-0.05, 0) is 23.3 Å². The second-order valence-electron chi connectivity index (χ2n) is 6.43. The van der Waals surface area contributed by atoms with Gasteiger partial charge in [0.05, 0.1) is 19.4 Å². The van der Waals surface area contributed by atoms with Crippen molar-refractivity contribution in [3.05, 3.63) is 95.9 Å². The van der Waals surface area contributed by atoms with E-state index in [1.54, 1.807) is 12.1 Å². The molecule has 3 aromatic rings. The molecule has 3 amide bonds. The molecular formula is C22H23N3O3. The highest BCUT2D eigenvalue weighted by atomic mass is 16.3. The van der Waals surface area contributed by atoms with E-state index in [1.165, 1.54) is 6.26 Å². The van der Waals surface area contributed by atoms with Crippen LogP contribution in [0.15, 0.2) is 83.5 Å². The standard InChI is InChI=1S/C22H23N3O3/c26-21(24-22(27)23-14-20-12-7-13-28-20)17-25(15-18-8-3-1-4-9-18)16-19-10-5-2-6-11-19/h1-13H,14-17H2,(H2,23,24,26,27). The van der Waals surface area contributed by atoms with Gasteiger partial charge in [0, 0.05) is 13.1 Å². The number of hydrogen-bond acceptors (Lipinski definition) is 4. The van der Waals surface area contributed by atoms with E-state index in [9.17, 15) is 9.59 Å². The predicted molar refractivity (Wildman–Crippen MR) is 106 cm³/mol. The Morgan fingerprint density at radius 1 is 0.821 bits per heavy atom. The summed E-state index contributed by atoms with van der Waals surface area (Å²) in [6.07, 6.45) is 1.53. The van der Waals surface area contributed by atoms with Gasteiger partial charge in [-0.3, -0.25) is 15.0 Å². The lowest BCUT2D eigenvalue weighted by Crippen LogP contribution is -2.44. The molecule has 2 aromatic carbocycles. The van der Waals surface area contributed by atoms with Crippen LogP contribution in [0.2, 0.25) is 0 Å². The summed E-state index contributed by atoms with van der Waals surface area (Å²) in [6, 6.07) is 22.8. The molecule has 0 saturated heterocycles. The Kier molecular flexibility index (Phi) is 6.98. The van der Waals surface area contributed by atoms with E-state index in [0.29, 0.717) is 18.8 Å². The maximum Gasteiger partial charge on any atom is 0.321 e. The van der Waals surface area contributed by atoms with Gasteiger partial charge in [0.25, 0.3) is 0 Å². The Balaban J connectivity index is 1.56. The molecular weight excluding hydrogens is 354 g/mol. The lowest BCUT2D eigenvalue weighted by atomic mass is 10.1. The van der Waals surface area contributed by atoms with Crippen LogP contribution in [0.4, 0.5) is 4.79 Å². The largest absolute Gasteiger partial charge is 0.467 e. The topological polar surface area (TPSA) is 74.6 Å². The lowest BCUT2D eigenvalue weighted by molar-refractivity contribution is -0.121. The molecule has 0 spiro atoms. The minimum absolute atomic E-state index is 0.109. The van der Waals surface area contributed by atoms with Crippen molar-refractivity contribution in [3.63, 3.8) is 0 Å². The number of benzene rings is 2. The molecule has 2 N–H and O–H groups in total. The molecule has 28 heavy (non-hydrogen) atoms. The first-order valence-corrected chi connectivity index (χ1v) is 9.09. The van der Waals surface area contributed by atoms with E-state index in [2.05, 4.69) is 10.6 Å². The third-order valence-corrected chi connectivity index (χ3v) is 4.12. The molecule has 0 bridgehead atoms. The molecule has 0 fully saturated rings. The average molecular weight is 377 g/mol. The first-order valence-electron chi connectivity index (χ1n) is 9.09. The van der Waals surface area contributed by atoms with E-state index < -0.39 is 6.03 Å². The molecule has 3 rings (SSSR count). The Bertz CT molecular complexity index is 823. The highest BCUT2D eigenvalue weighted by Crippen LogP contribution is 2.09. The number of nitrogens with one attached hydrogen (secondary N) is 2. The Morgan fingerprint density at radius 3 is 1.96 bits per heavy atom. The zero-order chi connectivity index (χ0) is 19.6. The fraction of sp³-hybridized carbons (Fsp3) is 0.182. The summed E-state index contributed by atoms with van der Waals surface area (Å²) < 4.78 is 5.15. The maximum absolute atomic E-state index is 12.4. The van der Waals surface area contributed by atoms with Crippen molar-refractivity contribution in [2.45, 2.75) is 19.6 Å². The van der Waals surface area contributed by atoms with Crippen molar-refractivity contribution >= 4 is 11.9 Å². The molecule has 0 aliphatic rings. The van der Waals surface area contributed by atoms with Gasteiger partial charge in [0.1, 0.15) is 5.76 Å². The minimum atomic E-state index is -0.541. The second-order valence-corrected chi connectivity index (χ2v) is 6.43. The van der Waals surface area contributed by atoms with Gasteiger partial charge < -0.3 is 9.73 Å². The minimum Gasteiger partial charge on any atom is -0.467 e. The molecule has 6 heteroatoms. The van der Waals surface area contributed by atoms with Crippen LogP contribution in [0.1, 0.15) is 16.9 Å². The molecule has 1 aromatic heterocycles. The molecule has 1 heterocycles. The van der Waals surface area contributed by atoms with Crippen LogP contribution in [0, 0.1) is 0 Å². The van der Waals surface area contributed by atoms with E-state index in [1.807, 2.05) is 65.6 Å². The smallest absolute Gasteiger partial charge is 0.321 e. The number of hydrogen-bond donors (Lipinski definition) is 2. The van der Waals surface area contributed by atoms with E-state index >= 15 is 0 Å². The molecule has 0 unspecified atom stereocenters. The van der Waals surface area contributed by atoms with Crippen LogP contribution in [0.5, 0.6) is 0 Å². The third-order valence-electron chi connectivity index (χ3n) is 4.12. The predicted octanol–water partition coefficient (Wildman–Crippen LogP) is 3.31. The summed E-state index contributed by atoms with van der Waals surface area (Å²) in [7, 11) is 0. The van der Waals surface area contributed by atoms with Gasteiger partial charge in [-0.15, -0.1) is 0 Å². The SMILES string of the molecule is O=C(CN(Cc1ccccc1)Cc1ccccc1)NC(=O)NCc1ccco1. The lowest BCUT2D eigenvalue weighted by Gasteiger charge is -2.22. The number of furan rings is 1. The van der Waals surface area contributed by atoms with Gasteiger partial charge in [0.2, 0.25) is 5.91 Å². The summed E-state index contributed by atoms with van der Waals surface area (Å²) in [5.74, 6) is 0.265. The number of carbonyl (C=O) groups is 2. The van der Waals surface area contributed by atoms with Crippen molar-refractivity contribution in [1.29, 1.82) is 0 Å². The van der Waals surface area contributed by atoms with Crippen LogP contribution in [-0.4, -0.2) is 23.4 Å². The summed E-state index contributed by atoms with van der Waals surface area (Å²) in [6.45, 7) is 1.55. The quantitative estimate of drug-likeness (QED) is 0.632. The van der Waals surface area contributed by atoms with Gasteiger partial charge in [-0.25, -0.2) is 4.79 Å². The Hall–Kier alpha value is -3.38. The van der Waals surface area contributed by atoms with Crippen molar-refractivity contribution in [2.24, 2.45) is 0 Å². The Labute approximate surface area is 164 Å². The molecule has 0 atom stereocenters. The molecule has 144 valence electrons. The monoisotopic (exact) mass is 377 g/mol. The van der Waals surface area contributed by atoms with Crippen molar-refractivity contribution in [3.8, 4) is 0 Å². The zero-order valence-electron chi connectivity index (χ0n) is 15.5. The fourth-order valence-corrected chi connectivity index (χ4v) is 2.84. The Morgan fingerprint density at radius 2 is 1.43 bits per heavy atom. The van der Waals surface area contributed by atoms with E-state index in [0.717, 1.165) is 11.1 Å². The van der Waals surface area contributed by atoms with Gasteiger partial charge in [0.15, 0.2) is 0 Å². The first-order chi connectivity index (χ1) is 13.7. The van der Waals surface area contributed by atoms with Crippen molar-refractivity contribution < 1.29 is 14.0 Å². The molecule has 0 saturated carbocycles. The number of urea groups is 1. The highest BCUT2D eigenvalue weighted by molar-refractivity contribution is 5.95. The van der Waals surface area contributed by atoms with Crippen LogP contribution < -0.4 is 10.6 Å². The molecule has 6 nitrogen and oxygen atoms in total. The normalized spacial score (nSPS) is 10.6. The van der Waals surface area contributed by atoms with Crippen LogP contribution >= 0.6 is 0 Å². The first kappa shape index (κ1) is 19.4. The number of amides is 3. The van der Waals surface area contributed by atoms with Crippen LogP contribution in [0.25, 0.3) is 0 Å². The van der Waals surface area contributed by atoms with Crippen LogP contribution in [-0.2, 0) is 24.4 Å². The van der Waals surface area contributed by atoms with Crippen LogP contribution in [0.3, 0.4) is 0 Å². The van der Waals surface area contributed by atoms with Gasteiger partial charge in [-0.2, -0.15) is 0 Å². The van der Waals surface area contributed by atoms with E-state index in [4.69, 9.17) is 4.42 Å². The second kappa shape index (κ2) is 10.1. The zero-order valence-corrected chi connectivity index (χ0v) is 15.5. The third kappa shape index (κ3) is 6.41. The summed E-state index contributed by atoms with van der Waals surface area (Å²) in [5, 5.41) is 4.98. The number of nitrogens with zero attached hydrogens (tertiary/aromatic N) is 1. The fourth-order valence-electron chi connectivity index (χ4n) is 2.84. The van der Waals surface area contributed by atoms with Crippen molar-refractivity contribution in [2.75, 3.05) is 6.54 Å². The average Bonchev–Trinajstić information content (AvgIpc) is 3.21. The number of rotatable bonds is 8. The maximum atomic E-state index is 12.4. The van der Waals surface area contributed by atoms with E-state index in [-0.39, 0.29) is 19.0 Å². The molecule has 0 radical (unpaired) electrons. The molecule has 0 aliphatic carbocycles. The van der Waals surface area contributed by atoms with Crippen molar-refractivity contribution in [1.82, 2.24) is 15.5 Å². The number of imide groups is 1. The highest BCUT2D eigenvalue weighted by Gasteiger charge is 2.14.